The molecule has 0 fully saturated rings. The van der Waals surface area contributed by atoms with Gasteiger partial charge in [-0.2, -0.15) is 0 Å². The summed E-state index contributed by atoms with van der Waals surface area (Å²) in [6, 6.07) is 11.8. The Balaban J connectivity index is 2.30. The molecule has 0 aliphatic rings. The van der Waals surface area contributed by atoms with Crippen LogP contribution in [0.15, 0.2) is 36.4 Å². The molecule has 0 saturated heterocycles. The molecular formula is C21H29NO3. The van der Waals surface area contributed by atoms with E-state index >= 15 is 0 Å². The molecule has 25 heavy (non-hydrogen) atoms. The largest absolute Gasteiger partial charge is 0.493 e. The van der Waals surface area contributed by atoms with E-state index in [1.54, 1.807) is 7.11 Å². The van der Waals surface area contributed by atoms with E-state index in [0.29, 0.717) is 13.0 Å². The van der Waals surface area contributed by atoms with Gasteiger partial charge >= 0.3 is 0 Å². The van der Waals surface area contributed by atoms with Gasteiger partial charge in [-0.25, -0.2) is 0 Å². The highest BCUT2D eigenvalue weighted by Gasteiger charge is 2.32. The Morgan fingerprint density at radius 3 is 2.44 bits per heavy atom. The topological polar surface area (TPSA) is 47.6 Å². The average molecular weight is 343 g/mol. The van der Waals surface area contributed by atoms with Crippen LogP contribution >= 0.6 is 0 Å². The molecule has 0 radical (unpaired) electrons. The van der Waals surface area contributed by atoms with Gasteiger partial charge in [0, 0.05) is 23.6 Å². The van der Waals surface area contributed by atoms with Crippen molar-refractivity contribution < 1.29 is 14.3 Å². The molecular weight excluding hydrogens is 314 g/mol. The number of amides is 1. The number of fused-ring (bicyclic) bond motifs is 1. The first-order valence-electron chi connectivity index (χ1n) is 9.07. The molecule has 1 amide bonds. The van der Waals surface area contributed by atoms with Gasteiger partial charge in [0.25, 0.3) is 5.91 Å². The fourth-order valence-electron chi connectivity index (χ4n) is 2.80. The molecule has 2 aromatic carbocycles. The molecule has 2 aromatic rings. The van der Waals surface area contributed by atoms with Gasteiger partial charge in [0.15, 0.2) is 0 Å². The number of ether oxygens (including phenoxy) is 2. The Morgan fingerprint density at radius 1 is 1.08 bits per heavy atom. The van der Waals surface area contributed by atoms with E-state index in [9.17, 15) is 4.79 Å². The minimum Gasteiger partial charge on any atom is -0.493 e. The third kappa shape index (κ3) is 4.51. The van der Waals surface area contributed by atoms with Gasteiger partial charge in [-0.1, -0.05) is 51.0 Å². The van der Waals surface area contributed by atoms with Crippen molar-refractivity contribution in [2.75, 3.05) is 19.0 Å². The Labute approximate surface area is 150 Å². The van der Waals surface area contributed by atoms with Crippen LogP contribution in [0.25, 0.3) is 10.8 Å². The number of unbranched alkanes of at least 4 members (excludes halogenated alkanes) is 1. The van der Waals surface area contributed by atoms with Crippen LogP contribution in [-0.2, 0) is 9.53 Å². The molecule has 4 heteroatoms. The van der Waals surface area contributed by atoms with Gasteiger partial charge < -0.3 is 14.8 Å². The summed E-state index contributed by atoms with van der Waals surface area (Å²) in [7, 11) is 1.59. The van der Waals surface area contributed by atoms with E-state index in [2.05, 4.69) is 19.2 Å². The first-order valence-corrected chi connectivity index (χ1v) is 9.07. The number of carbonyl (C=O) groups excluding carboxylic acids is 1. The Morgan fingerprint density at radius 2 is 1.80 bits per heavy atom. The zero-order valence-corrected chi connectivity index (χ0v) is 15.7. The van der Waals surface area contributed by atoms with E-state index in [4.69, 9.17) is 9.47 Å². The molecule has 0 heterocycles. The molecule has 1 atom stereocenters. The van der Waals surface area contributed by atoms with Crippen molar-refractivity contribution in [2.45, 2.75) is 52.1 Å². The van der Waals surface area contributed by atoms with E-state index < -0.39 is 5.60 Å². The summed E-state index contributed by atoms with van der Waals surface area (Å²) < 4.78 is 11.4. The Bertz CT molecular complexity index is 713. The lowest BCUT2D eigenvalue weighted by molar-refractivity contribution is -0.136. The number of hydrogen-bond acceptors (Lipinski definition) is 3. The third-order valence-corrected chi connectivity index (χ3v) is 4.53. The highest BCUT2D eigenvalue weighted by molar-refractivity contribution is 6.06. The van der Waals surface area contributed by atoms with Crippen LogP contribution in [0, 0.1) is 0 Å². The number of nitrogens with one attached hydrogen (secondary N) is 1. The van der Waals surface area contributed by atoms with Crippen LogP contribution in [0.4, 0.5) is 5.69 Å². The van der Waals surface area contributed by atoms with Crippen molar-refractivity contribution in [3.05, 3.63) is 36.4 Å². The molecule has 0 bridgehead atoms. The molecule has 1 N–H and O–H groups in total. The predicted molar refractivity (Wildman–Crippen MR) is 103 cm³/mol. The minimum atomic E-state index is -0.825. The van der Waals surface area contributed by atoms with Crippen molar-refractivity contribution in [3.63, 3.8) is 0 Å². The van der Waals surface area contributed by atoms with Crippen LogP contribution in [-0.4, -0.2) is 25.2 Å². The number of anilines is 1. The lowest BCUT2D eigenvalue weighted by Gasteiger charge is -2.27. The fraction of sp³-hybridized carbons (Fsp3) is 0.476. The Kier molecular flexibility index (Phi) is 6.82. The standard InChI is InChI=1S/C21H29NO3/c1-5-7-14-21(3,24-4)20(23)22-18-12-13-19(25-15-6-2)17-11-9-8-10-16(17)18/h8-13H,5-7,14-15H2,1-4H3,(H,22,23). The van der Waals surface area contributed by atoms with Gasteiger partial charge in [-0.15, -0.1) is 0 Å². The monoisotopic (exact) mass is 343 g/mol. The van der Waals surface area contributed by atoms with Gasteiger partial charge in [0.1, 0.15) is 11.4 Å². The third-order valence-electron chi connectivity index (χ3n) is 4.53. The van der Waals surface area contributed by atoms with Crippen LogP contribution < -0.4 is 10.1 Å². The lowest BCUT2D eigenvalue weighted by Crippen LogP contribution is -2.42. The molecule has 0 aromatic heterocycles. The normalized spacial score (nSPS) is 13.4. The molecule has 1 unspecified atom stereocenters. The predicted octanol–water partition coefficient (Wildman–Crippen LogP) is 5.16. The minimum absolute atomic E-state index is 0.115. The van der Waals surface area contributed by atoms with Crippen molar-refractivity contribution in [3.8, 4) is 5.75 Å². The zero-order valence-electron chi connectivity index (χ0n) is 15.7. The summed E-state index contributed by atoms with van der Waals surface area (Å²) >= 11 is 0. The van der Waals surface area contributed by atoms with E-state index in [-0.39, 0.29) is 5.91 Å². The smallest absolute Gasteiger partial charge is 0.256 e. The molecule has 0 aliphatic heterocycles. The van der Waals surface area contributed by atoms with Crippen LogP contribution in [0.1, 0.15) is 46.5 Å². The summed E-state index contributed by atoms with van der Waals surface area (Å²) in [5, 5.41) is 5.02. The SMILES string of the molecule is CCCCC(C)(OC)C(=O)Nc1ccc(OCCC)c2ccccc12. The summed E-state index contributed by atoms with van der Waals surface area (Å²) in [5.41, 5.74) is -0.0432. The zero-order chi connectivity index (χ0) is 18.3. The van der Waals surface area contributed by atoms with E-state index in [1.165, 1.54) is 0 Å². The maximum atomic E-state index is 12.8. The number of rotatable bonds is 9. The molecule has 4 nitrogen and oxygen atoms in total. The van der Waals surface area contributed by atoms with Crippen LogP contribution in [0.2, 0.25) is 0 Å². The Hall–Kier alpha value is -2.07. The highest BCUT2D eigenvalue weighted by atomic mass is 16.5. The molecule has 0 spiro atoms. The highest BCUT2D eigenvalue weighted by Crippen LogP contribution is 2.32. The van der Waals surface area contributed by atoms with Gasteiger partial charge in [-0.05, 0) is 31.9 Å². The van der Waals surface area contributed by atoms with Gasteiger partial charge in [-0.3, -0.25) is 4.79 Å². The van der Waals surface area contributed by atoms with Crippen LogP contribution in [0.5, 0.6) is 5.75 Å². The summed E-state index contributed by atoms with van der Waals surface area (Å²) in [6.45, 7) is 6.71. The molecule has 136 valence electrons. The van der Waals surface area contributed by atoms with Gasteiger partial charge in [0.05, 0.1) is 6.61 Å². The van der Waals surface area contributed by atoms with Gasteiger partial charge in [0.2, 0.25) is 0 Å². The van der Waals surface area contributed by atoms with E-state index in [0.717, 1.165) is 41.5 Å². The number of carbonyl (C=O) groups is 1. The molecule has 2 rings (SSSR count). The second-order valence-electron chi connectivity index (χ2n) is 6.50. The summed E-state index contributed by atoms with van der Waals surface area (Å²) in [6.07, 6.45) is 3.62. The number of methoxy groups -OCH3 is 1. The lowest BCUT2D eigenvalue weighted by atomic mass is 9.97. The maximum absolute atomic E-state index is 12.8. The van der Waals surface area contributed by atoms with Crippen molar-refractivity contribution in [1.29, 1.82) is 0 Å². The molecule has 0 aliphatic carbocycles. The van der Waals surface area contributed by atoms with Crippen molar-refractivity contribution in [1.82, 2.24) is 0 Å². The number of hydrogen-bond donors (Lipinski definition) is 1. The first kappa shape index (κ1) is 19.3. The summed E-state index contributed by atoms with van der Waals surface area (Å²) in [4.78, 5) is 12.8. The van der Waals surface area contributed by atoms with Crippen molar-refractivity contribution >= 4 is 22.4 Å². The summed E-state index contributed by atoms with van der Waals surface area (Å²) in [5.74, 6) is 0.728. The number of benzene rings is 2. The average Bonchev–Trinajstić information content (AvgIpc) is 2.65. The maximum Gasteiger partial charge on any atom is 0.256 e. The first-order chi connectivity index (χ1) is 12.1. The molecule has 0 saturated carbocycles. The van der Waals surface area contributed by atoms with E-state index in [1.807, 2.05) is 43.3 Å². The van der Waals surface area contributed by atoms with Crippen LogP contribution in [0.3, 0.4) is 0 Å². The second-order valence-corrected chi connectivity index (χ2v) is 6.50. The quantitative estimate of drug-likeness (QED) is 0.684. The second kappa shape index (κ2) is 8.86. The van der Waals surface area contributed by atoms with Crippen molar-refractivity contribution in [2.24, 2.45) is 0 Å². The fourth-order valence-corrected chi connectivity index (χ4v) is 2.80.